The SMILES string of the molecule is CCN1CCN(C[C@@H]2CN(Cc3ccc(OC)c(C)c3C)C[C@@H]2CO)CC1. The van der Waals surface area contributed by atoms with Crippen molar-refractivity contribution in [1.29, 1.82) is 0 Å². The normalized spacial score (nSPS) is 25.2. The zero-order valence-electron chi connectivity index (χ0n) is 17.6. The first kappa shape index (κ1) is 20.6. The van der Waals surface area contributed by atoms with Gasteiger partial charge in [-0.25, -0.2) is 0 Å². The van der Waals surface area contributed by atoms with Crippen molar-refractivity contribution in [2.45, 2.75) is 27.3 Å². The van der Waals surface area contributed by atoms with E-state index >= 15 is 0 Å². The molecule has 1 aromatic carbocycles. The number of benzene rings is 1. The number of hydrogen-bond donors (Lipinski definition) is 1. The zero-order valence-corrected chi connectivity index (χ0v) is 17.6. The smallest absolute Gasteiger partial charge is 0.122 e. The Balaban J connectivity index is 1.59. The van der Waals surface area contributed by atoms with Crippen molar-refractivity contribution in [3.63, 3.8) is 0 Å². The van der Waals surface area contributed by atoms with Crippen LogP contribution in [0.25, 0.3) is 0 Å². The average molecular weight is 376 g/mol. The third-order valence-corrected chi connectivity index (χ3v) is 6.75. The van der Waals surface area contributed by atoms with Crippen molar-refractivity contribution in [1.82, 2.24) is 14.7 Å². The molecule has 5 nitrogen and oxygen atoms in total. The van der Waals surface area contributed by atoms with E-state index in [9.17, 15) is 5.11 Å². The summed E-state index contributed by atoms with van der Waals surface area (Å²) in [6.45, 7) is 16.9. The van der Waals surface area contributed by atoms with Crippen LogP contribution in [0.2, 0.25) is 0 Å². The summed E-state index contributed by atoms with van der Waals surface area (Å²) < 4.78 is 5.45. The summed E-state index contributed by atoms with van der Waals surface area (Å²) in [6.07, 6.45) is 0. The largest absolute Gasteiger partial charge is 0.496 e. The minimum atomic E-state index is 0.302. The van der Waals surface area contributed by atoms with Crippen LogP contribution in [0.1, 0.15) is 23.6 Å². The van der Waals surface area contributed by atoms with E-state index in [0.29, 0.717) is 18.4 Å². The molecule has 2 aliphatic heterocycles. The minimum Gasteiger partial charge on any atom is -0.496 e. The van der Waals surface area contributed by atoms with Gasteiger partial charge in [-0.3, -0.25) is 4.90 Å². The standard InChI is InChI=1S/C22H37N3O2/c1-5-23-8-10-24(11-9-23)13-20-14-25(15-21(20)16-26)12-19-6-7-22(27-4)18(3)17(19)2/h6-7,20-21,26H,5,8-16H2,1-4H3/t20-,21-/m1/s1. The van der Waals surface area contributed by atoms with Crippen LogP contribution >= 0.6 is 0 Å². The average Bonchev–Trinajstić information content (AvgIpc) is 3.07. The number of aliphatic hydroxyl groups is 1. The molecule has 0 spiro atoms. The quantitative estimate of drug-likeness (QED) is 0.789. The monoisotopic (exact) mass is 375 g/mol. The van der Waals surface area contributed by atoms with Crippen LogP contribution < -0.4 is 4.74 Å². The van der Waals surface area contributed by atoms with Crippen LogP contribution in [0.15, 0.2) is 12.1 Å². The van der Waals surface area contributed by atoms with Gasteiger partial charge in [-0.1, -0.05) is 13.0 Å². The van der Waals surface area contributed by atoms with E-state index in [1.54, 1.807) is 7.11 Å². The highest BCUT2D eigenvalue weighted by Gasteiger charge is 2.34. The fourth-order valence-electron chi connectivity index (χ4n) is 4.68. The molecular formula is C22H37N3O2. The third kappa shape index (κ3) is 4.83. The fourth-order valence-corrected chi connectivity index (χ4v) is 4.68. The van der Waals surface area contributed by atoms with Crippen LogP contribution in [-0.2, 0) is 6.54 Å². The van der Waals surface area contributed by atoms with Gasteiger partial charge in [0, 0.05) is 59.0 Å². The van der Waals surface area contributed by atoms with Gasteiger partial charge in [0.05, 0.1) is 7.11 Å². The summed E-state index contributed by atoms with van der Waals surface area (Å²) >= 11 is 0. The molecule has 27 heavy (non-hydrogen) atoms. The number of hydrogen-bond acceptors (Lipinski definition) is 5. The van der Waals surface area contributed by atoms with Gasteiger partial charge in [-0.2, -0.15) is 0 Å². The number of likely N-dealkylation sites (tertiary alicyclic amines) is 1. The molecule has 2 heterocycles. The third-order valence-electron chi connectivity index (χ3n) is 6.75. The van der Waals surface area contributed by atoms with Gasteiger partial charge in [-0.05, 0) is 55.0 Å². The van der Waals surface area contributed by atoms with Gasteiger partial charge in [0.2, 0.25) is 0 Å². The number of aliphatic hydroxyl groups excluding tert-OH is 1. The maximum atomic E-state index is 9.93. The molecule has 0 bridgehead atoms. The van der Waals surface area contributed by atoms with Crippen molar-refractivity contribution < 1.29 is 9.84 Å². The molecule has 0 unspecified atom stereocenters. The maximum Gasteiger partial charge on any atom is 0.122 e. The van der Waals surface area contributed by atoms with Crippen LogP contribution in [0, 0.1) is 25.7 Å². The summed E-state index contributed by atoms with van der Waals surface area (Å²) in [5.41, 5.74) is 3.94. The number of rotatable bonds is 7. The predicted molar refractivity (Wildman–Crippen MR) is 110 cm³/mol. The first-order valence-electron chi connectivity index (χ1n) is 10.5. The highest BCUT2D eigenvalue weighted by atomic mass is 16.5. The number of ether oxygens (including phenoxy) is 1. The molecule has 0 amide bonds. The van der Waals surface area contributed by atoms with Gasteiger partial charge in [0.1, 0.15) is 5.75 Å². The molecule has 0 aromatic heterocycles. The zero-order chi connectivity index (χ0) is 19.4. The number of piperazine rings is 1. The Labute approximate surface area is 164 Å². The summed E-state index contributed by atoms with van der Waals surface area (Å²) in [5, 5.41) is 9.93. The Hall–Kier alpha value is -1.14. The van der Waals surface area contributed by atoms with Crippen LogP contribution in [0.3, 0.4) is 0 Å². The van der Waals surface area contributed by atoms with Gasteiger partial charge >= 0.3 is 0 Å². The van der Waals surface area contributed by atoms with Gasteiger partial charge in [-0.15, -0.1) is 0 Å². The molecule has 0 aliphatic carbocycles. The topological polar surface area (TPSA) is 39.2 Å². The van der Waals surface area contributed by atoms with Crippen molar-refractivity contribution >= 4 is 0 Å². The summed E-state index contributed by atoms with van der Waals surface area (Å²) in [7, 11) is 1.73. The molecule has 0 saturated carbocycles. The lowest BCUT2D eigenvalue weighted by Crippen LogP contribution is -2.48. The molecule has 152 valence electrons. The predicted octanol–water partition coefficient (Wildman–Crippen LogP) is 1.99. The van der Waals surface area contributed by atoms with Crippen LogP contribution in [0.4, 0.5) is 0 Å². The molecule has 5 heteroatoms. The lowest BCUT2D eigenvalue weighted by atomic mass is 9.96. The second kappa shape index (κ2) is 9.37. The Morgan fingerprint density at radius 2 is 1.63 bits per heavy atom. The van der Waals surface area contributed by atoms with E-state index in [1.165, 1.54) is 42.9 Å². The molecule has 3 rings (SSSR count). The highest BCUT2D eigenvalue weighted by Crippen LogP contribution is 2.29. The first-order chi connectivity index (χ1) is 13.0. The Morgan fingerprint density at radius 1 is 0.963 bits per heavy atom. The van der Waals surface area contributed by atoms with E-state index in [0.717, 1.165) is 38.5 Å². The molecule has 0 radical (unpaired) electrons. The molecule has 2 atom stereocenters. The van der Waals surface area contributed by atoms with E-state index < -0.39 is 0 Å². The van der Waals surface area contributed by atoms with Gasteiger partial charge in [0.15, 0.2) is 0 Å². The molecule has 1 N–H and O–H groups in total. The fraction of sp³-hybridized carbons (Fsp3) is 0.727. The molecule has 2 fully saturated rings. The van der Waals surface area contributed by atoms with Crippen molar-refractivity contribution in [3.05, 3.63) is 28.8 Å². The van der Waals surface area contributed by atoms with E-state index in [2.05, 4.69) is 47.6 Å². The van der Waals surface area contributed by atoms with Crippen LogP contribution in [0.5, 0.6) is 5.75 Å². The Kier molecular flexibility index (Phi) is 7.15. The van der Waals surface area contributed by atoms with Crippen molar-refractivity contribution in [2.75, 3.05) is 66.1 Å². The summed E-state index contributed by atoms with van der Waals surface area (Å²) in [6, 6.07) is 4.29. The first-order valence-corrected chi connectivity index (χ1v) is 10.5. The van der Waals surface area contributed by atoms with E-state index in [4.69, 9.17) is 4.74 Å². The second-order valence-electron chi connectivity index (χ2n) is 8.31. The molecule has 2 aliphatic rings. The highest BCUT2D eigenvalue weighted by molar-refractivity contribution is 5.43. The maximum absolute atomic E-state index is 9.93. The molecule has 1 aromatic rings. The van der Waals surface area contributed by atoms with Crippen LogP contribution in [-0.4, -0.2) is 85.9 Å². The molecule has 2 saturated heterocycles. The van der Waals surface area contributed by atoms with Crippen molar-refractivity contribution in [3.8, 4) is 5.75 Å². The Bertz CT molecular complexity index is 614. The summed E-state index contributed by atoms with van der Waals surface area (Å²) in [5.74, 6) is 1.94. The number of likely N-dealkylation sites (N-methyl/N-ethyl adjacent to an activating group) is 1. The lowest BCUT2D eigenvalue weighted by molar-refractivity contribution is 0.106. The number of nitrogens with zero attached hydrogens (tertiary/aromatic N) is 3. The van der Waals surface area contributed by atoms with E-state index in [-0.39, 0.29) is 0 Å². The molecular weight excluding hydrogens is 338 g/mol. The Morgan fingerprint density at radius 3 is 2.26 bits per heavy atom. The lowest BCUT2D eigenvalue weighted by Gasteiger charge is -2.36. The van der Waals surface area contributed by atoms with Gasteiger partial charge in [0.25, 0.3) is 0 Å². The van der Waals surface area contributed by atoms with Crippen molar-refractivity contribution in [2.24, 2.45) is 11.8 Å². The van der Waals surface area contributed by atoms with Gasteiger partial charge < -0.3 is 19.6 Å². The summed E-state index contributed by atoms with van der Waals surface area (Å²) in [4.78, 5) is 7.66. The van der Waals surface area contributed by atoms with E-state index in [1.807, 2.05) is 0 Å². The number of methoxy groups -OCH3 is 1. The second-order valence-corrected chi connectivity index (χ2v) is 8.31. The minimum absolute atomic E-state index is 0.302.